The number of nitrogens with zero attached hydrogens (tertiary/aromatic N) is 2. The van der Waals surface area contributed by atoms with E-state index in [0.29, 0.717) is 5.56 Å². The molecule has 0 aliphatic carbocycles. The van der Waals surface area contributed by atoms with Gasteiger partial charge in [-0.15, -0.1) is 0 Å². The van der Waals surface area contributed by atoms with Crippen LogP contribution in [0, 0.1) is 0 Å². The van der Waals surface area contributed by atoms with Gasteiger partial charge in [0.15, 0.2) is 0 Å². The SMILES string of the molecule is CCN(CC(=O)O)C(=O)CN(c1ccc(Cl)c(Cl)c1)S(=O)(=O)Cc1ccccc1. The van der Waals surface area contributed by atoms with Crippen molar-refractivity contribution in [1.29, 1.82) is 0 Å². The van der Waals surface area contributed by atoms with Gasteiger partial charge in [0.1, 0.15) is 13.1 Å². The number of likely N-dealkylation sites (N-methyl/N-ethyl adjacent to an activating group) is 1. The normalized spacial score (nSPS) is 11.1. The van der Waals surface area contributed by atoms with E-state index in [-0.39, 0.29) is 28.0 Å². The van der Waals surface area contributed by atoms with Crippen molar-refractivity contribution in [3.8, 4) is 0 Å². The molecule has 0 radical (unpaired) electrons. The van der Waals surface area contributed by atoms with Gasteiger partial charge in [-0.05, 0) is 30.7 Å². The molecule has 0 saturated heterocycles. The fourth-order valence-corrected chi connectivity index (χ4v) is 4.42. The van der Waals surface area contributed by atoms with Crippen LogP contribution in [0.1, 0.15) is 12.5 Å². The van der Waals surface area contributed by atoms with E-state index in [0.717, 1.165) is 9.21 Å². The summed E-state index contributed by atoms with van der Waals surface area (Å²) >= 11 is 12.0. The Bertz CT molecular complexity index is 983. The number of sulfonamides is 1. The Kier molecular flexibility index (Phi) is 7.89. The number of hydrogen-bond acceptors (Lipinski definition) is 4. The first kappa shape index (κ1) is 23.0. The second-order valence-electron chi connectivity index (χ2n) is 6.15. The summed E-state index contributed by atoms with van der Waals surface area (Å²) in [7, 11) is -3.99. The standard InChI is InChI=1S/C19H20Cl2N2O5S/c1-2-22(12-19(25)26)18(24)11-23(15-8-9-16(20)17(21)10-15)29(27,28)13-14-6-4-3-5-7-14/h3-10H,2,11-13H2,1H3,(H,25,26). The second-order valence-corrected chi connectivity index (χ2v) is 8.86. The van der Waals surface area contributed by atoms with Crippen molar-refractivity contribution in [1.82, 2.24) is 4.90 Å². The highest BCUT2D eigenvalue weighted by Gasteiger charge is 2.28. The van der Waals surface area contributed by atoms with E-state index in [2.05, 4.69) is 0 Å². The third kappa shape index (κ3) is 6.35. The highest BCUT2D eigenvalue weighted by molar-refractivity contribution is 7.92. The maximum Gasteiger partial charge on any atom is 0.323 e. The van der Waals surface area contributed by atoms with Crippen LogP contribution in [0.15, 0.2) is 48.5 Å². The van der Waals surface area contributed by atoms with Gasteiger partial charge in [-0.3, -0.25) is 13.9 Å². The molecule has 2 aromatic carbocycles. The number of anilines is 1. The van der Waals surface area contributed by atoms with Gasteiger partial charge < -0.3 is 10.0 Å². The Labute approximate surface area is 179 Å². The minimum Gasteiger partial charge on any atom is -0.480 e. The summed E-state index contributed by atoms with van der Waals surface area (Å²) in [4.78, 5) is 24.7. The summed E-state index contributed by atoms with van der Waals surface area (Å²) in [5.41, 5.74) is 0.706. The lowest BCUT2D eigenvalue weighted by Gasteiger charge is -2.27. The van der Waals surface area contributed by atoms with Crippen LogP contribution in [0.5, 0.6) is 0 Å². The molecular formula is C19H20Cl2N2O5S. The summed E-state index contributed by atoms with van der Waals surface area (Å²) < 4.78 is 27.2. The predicted molar refractivity (Wildman–Crippen MR) is 113 cm³/mol. The van der Waals surface area contributed by atoms with E-state index in [1.807, 2.05) is 0 Å². The Balaban J connectivity index is 2.41. The van der Waals surface area contributed by atoms with Gasteiger partial charge in [0.2, 0.25) is 15.9 Å². The number of carboxylic acid groups (broad SMARTS) is 1. The van der Waals surface area contributed by atoms with Gasteiger partial charge in [0.05, 0.1) is 21.5 Å². The first-order valence-corrected chi connectivity index (χ1v) is 11.0. The highest BCUT2D eigenvalue weighted by atomic mass is 35.5. The minimum absolute atomic E-state index is 0.124. The third-order valence-corrected chi connectivity index (χ3v) is 6.51. The van der Waals surface area contributed by atoms with Crippen molar-refractivity contribution in [2.75, 3.05) is 23.9 Å². The lowest BCUT2D eigenvalue weighted by atomic mass is 10.2. The van der Waals surface area contributed by atoms with E-state index in [9.17, 15) is 18.0 Å². The van der Waals surface area contributed by atoms with Crippen LogP contribution >= 0.6 is 23.2 Å². The molecule has 0 aliphatic heterocycles. The first-order chi connectivity index (χ1) is 13.6. The summed E-state index contributed by atoms with van der Waals surface area (Å²) in [6, 6.07) is 12.7. The van der Waals surface area contributed by atoms with Gasteiger partial charge in [-0.2, -0.15) is 0 Å². The maximum absolute atomic E-state index is 13.1. The number of carboxylic acids is 1. The molecule has 0 aliphatic rings. The monoisotopic (exact) mass is 458 g/mol. The summed E-state index contributed by atoms with van der Waals surface area (Å²) in [6.07, 6.45) is 0. The van der Waals surface area contributed by atoms with Crippen LogP contribution < -0.4 is 4.31 Å². The number of benzene rings is 2. The third-order valence-electron chi connectivity index (χ3n) is 4.06. The van der Waals surface area contributed by atoms with Crippen LogP contribution in [0.25, 0.3) is 0 Å². The molecule has 0 unspecified atom stereocenters. The summed E-state index contributed by atoms with van der Waals surface area (Å²) in [5, 5.41) is 9.35. The van der Waals surface area contributed by atoms with E-state index >= 15 is 0 Å². The van der Waals surface area contributed by atoms with Gasteiger partial charge in [0.25, 0.3) is 0 Å². The Morgan fingerprint density at radius 2 is 1.66 bits per heavy atom. The van der Waals surface area contributed by atoms with Gasteiger partial charge in [0, 0.05) is 6.54 Å². The molecule has 2 rings (SSSR count). The van der Waals surface area contributed by atoms with Crippen molar-refractivity contribution in [3.63, 3.8) is 0 Å². The van der Waals surface area contributed by atoms with E-state index < -0.39 is 35.0 Å². The molecule has 0 fully saturated rings. The number of rotatable bonds is 9. The van der Waals surface area contributed by atoms with Gasteiger partial charge >= 0.3 is 5.97 Å². The fourth-order valence-electron chi connectivity index (χ4n) is 2.62. The number of carbonyl (C=O) groups is 2. The summed E-state index contributed by atoms with van der Waals surface area (Å²) in [5.74, 6) is -2.17. The zero-order valence-corrected chi connectivity index (χ0v) is 17.9. The molecular weight excluding hydrogens is 439 g/mol. The number of carbonyl (C=O) groups excluding carboxylic acids is 1. The maximum atomic E-state index is 13.1. The molecule has 2 aromatic rings. The average Bonchev–Trinajstić information content (AvgIpc) is 2.66. The molecule has 0 spiro atoms. The molecule has 29 heavy (non-hydrogen) atoms. The first-order valence-electron chi connectivity index (χ1n) is 8.63. The minimum atomic E-state index is -3.99. The molecule has 0 aromatic heterocycles. The van der Waals surface area contributed by atoms with E-state index in [1.54, 1.807) is 37.3 Å². The van der Waals surface area contributed by atoms with Crippen LogP contribution in [0.3, 0.4) is 0 Å². The fraction of sp³-hybridized carbons (Fsp3) is 0.263. The topological polar surface area (TPSA) is 95.0 Å². The van der Waals surface area contributed by atoms with Crippen molar-refractivity contribution < 1.29 is 23.1 Å². The average molecular weight is 459 g/mol. The Morgan fingerprint density at radius 3 is 2.21 bits per heavy atom. The van der Waals surface area contributed by atoms with Crippen molar-refractivity contribution >= 4 is 50.8 Å². The van der Waals surface area contributed by atoms with E-state index in [1.165, 1.54) is 18.2 Å². The lowest BCUT2D eigenvalue weighted by Crippen LogP contribution is -2.45. The highest BCUT2D eigenvalue weighted by Crippen LogP contribution is 2.29. The second kappa shape index (κ2) is 9.96. The molecule has 0 bridgehead atoms. The lowest BCUT2D eigenvalue weighted by molar-refractivity contribution is -0.143. The van der Waals surface area contributed by atoms with Gasteiger partial charge in [-0.25, -0.2) is 8.42 Å². The molecule has 7 nitrogen and oxygen atoms in total. The number of amides is 1. The molecule has 156 valence electrons. The number of halogens is 2. The zero-order valence-electron chi connectivity index (χ0n) is 15.6. The summed E-state index contributed by atoms with van der Waals surface area (Å²) in [6.45, 7) is 0.652. The molecule has 0 saturated carbocycles. The predicted octanol–water partition coefficient (Wildman–Crippen LogP) is 3.26. The molecule has 1 amide bonds. The molecule has 1 N–H and O–H groups in total. The molecule has 0 heterocycles. The van der Waals surface area contributed by atoms with Crippen molar-refractivity contribution in [3.05, 3.63) is 64.1 Å². The van der Waals surface area contributed by atoms with Crippen LogP contribution in [0.4, 0.5) is 5.69 Å². The Hall–Kier alpha value is -2.29. The zero-order chi connectivity index (χ0) is 21.6. The number of aliphatic carboxylic acids is 1. The van der Waals surface area contributed by atoms with Gasteiger partial charge in [-0.1, -0.05) is 53.5 Å². The van der Waals surface area contributed by atoms with Crippen molar-refractivity contribution in [2.45, 2.75) is 12.7 Å². The quantitative estimate of drug-likeness (QED) is 0.621. The van der Waals surface area contributed by atoms with E-state index in [4.69, 9.17) is 28.3 Å². The van der Waals surface area contributed by atoms with Crippen molar-refractivity contribution in [2.24, 2.45) is 0 Å². The molecule has 0 atom stereocenters. The largest absolute Gasteiger partial charge is 0.480 e. The van der Waals surface area contributed by atoms with Crippen LogP contribution in [-0.2, 0) is 25.4 Å². The van der Waals surface area contributed by atoms with Crippen LogP contribution in [-0.4, -0.2) is 49.9 Å². The number of hydrogen-bond donors (Lipinski definition) is 1. The Morgan fingerprint density at radius 1 is 1.00 bits per heavy atom. The molecule has 10 heteroatoms. The van der Waals surface area contributed by atoms with Crippen LogP contribution in [0.2, 0.25) is 10.0 Å². The smallest absolute Gasteiger partial charge is 0.323 e.